The zero-order valence-electron chi connectivity index (χ0n) is 24.7. The van der Waals surface area contributed by atoms with Crippen LogP contribution in [0.15, 0.2) is 29.3 Å². The second-order valence-corrected chi connectivity index (χ2v) is 12.6. The predicted molar refractivity (Wildman–Crippen MR) is 154 cm³/mol. The highest BCUT2D eigenvalue weighted by atomic mass is 16.7. The summed E-state index contributed by atoms with van der Waals surface area (Å²) >= 11 is 0. The maximum absolute atomic E-state index is 13.6. The number of allylic oxidation sites excluding steroid dienone is 4. The van der Waals surface area contributed by atoms with Gasteiger partial charge in [-0.25, -0.2) is 15.1 Å². The van der Waals surface area contributed by atoms with Crippen LogP contribution in [0.3, 0.4) is 0 Å². The van der Waals surface area contributed by atoms with Gasteiger partial charge in [-0.15, -0.1) is 0 Å². The number of hydrogen-bond donors (Lipinski definition) is 3. The molecule has 4 fully saturated rings. The Kier molecular flexibility index (Phi) is 10.6. The van der Waals surface area contributed by atoms with E-state index >= 15 is 0 Å². The number of nitrogens with one attached hydrogen (secondary N) is 2. The lowest BCUT2D eigenvalue weighted by atomic mass is 9.43. The Bertz CT molecular complexity index is 1030. The fraction of sp³-hybridized carbons (Fsp3) is 0.750. The van der Waals surface area contributed by atoms with Crippen molar-refractivity contribution >= 4 is 24.8 Å². The number of rotatable bonds is 14. The highest BCUT2D eigenvalue weighted by Crippen LogP contribution is 2.65. The Hall–Kier alpha value is -2.73. The van der Waals surface area contributed by atoms with Crippen molar-refractivity contribution in [2.24, 2.45) is 39.8 Å². The Morgan fingerprint density at radius 1 is 1.25 bits per heavy atom. The fourth-order valence-electron chi connectivity index (χ4n) is 6.69. The van der Waals surface area contributed by atoms with E-state index in [1.165, 1.54) is 6.08 Å². The molecule has 2 bridgehead atoms. The Balaban J connectivity index is 1.70. The number of guanidine groups is 1. The molecule has 4 N–H and O–H groups in total. The highest BCUT2D eigenvalue weighted by molar-refractivity contribution is 6.47. The number of nitro groups is 1. The number of ketones is 1. The molecule has 222 valence electrons. The summed E-state index contributed by atoms with van der Waals surface area (Å²) in [6.45, 7) is 13.0. The number of aliphatic imine (C=N–C) groups is 1. The standard InChI is InChI=1S/C28H46BN5O6/c1-7-8-9-12-21(35)15-19(11-10-13-31-26(30)33-34(37)38)25(36)32-24(14-18(2)3)29-39-23-17-20-16-22(27(20,4)5)28(23,6)40-29/h7-9,12,18-20,22-24H,10-11,13-17H2,1-6H3,(H,32,36)(H3,30,31,33)/b8-7+,12-9+/t19-,20+,22+,23-,24+,28+/m1/s1. The molecule has 0 aromatic heterocycles. The minimum Gasteiger partial charge on any atom is -0.404 e. The maximum atomic E-state index is 13.6. The first-order valence-corrected chi connectivity index (χ1v) is 14.4. The van der Waals surface area contributed by atoms with E-state index in [0.29, 0.717) is 31.1 Å². The van der Waals surface area contributed by atoms with E-state index in [2.05, 4.69) is 44.9 Å². The van der Waals surface area contributed by atoms with Crippen LogP contribution in [0.5, 0.6) is 0 Å². The summed E-state index contributed by atoms with van der Waals surface area (Å²) in [6.07, 6.45) is 10.3. The number of hydrogen-bond acceptors (Lipinski definition) is 7. The minimum atomic E-state index is -0.784. The van der Waals surface area contributed by atoms with Crippen molar-refractivity contribution in [1.82, 2.24) is 10.7 Å². The van der Waals surface area contributed by atoms with Crippen LogP contribution in [0.25, 0.3) is 0 Å². The van der Waals surface area contributed by atoms with Crippen LogP contribution >= 0.6 is 0 Å². The predicted octanol–water partition coefficient (Wildman–Crippen LogP) is 3.37. The van der Waals surface area contributed by atoms with Gasteiger partial charge in [-0.3, -0.25) is 9.59 Å². The van der Waals surface area contributed by atoms with Gasteiger partial charge in [-0.2, -0.15) is 0 Å². The quantitative estimate of drug-likeness (QED) is 0.0427. The van der Waals surface area contributed by atoms with Crippen molar-refractivity contribution in [3.63, 3.8) is 0 Å². The van der Waals surface area contributed by atoms with Gasteiger partial charge in [0.15, 0.2) is 10.8 Å². The molecule has 1 heterocycles. The van der Waals surface area contributed by atoms with E-state index in [1.54, 1.807) is 17.6 Å². The van der Waals surface area contributed by atoms with Crippen LogP contribution in [0.1, 0.15) is 80.1 Å². The van der Waals surface area contributed by atoms with Gasteiger partial charge in [0.25, 0.3) is 5.96 Å². The van der Waals surface area contributed by atoms with Crippen molar-refractivity contribution in [3.8, 4) is 0 Å². The normalized spacial score (nSPS) is 28.8. The van der Waals surface area contributed by atoms with Gasteiger partial charge in [0.2, 0.25) is 5.91 Å². The minimum absolute atomic E-state index is 0.00562. The third-order valence-corrected chi connectivity index (χ3v) is 8.95. The number of nitrogens with zero attached hydrogens (tertiary/aromatic N) is 2. The van der Waals surface area contributed by atoms with Crippen LogP contribution in [-0.2, 0) is 18.9 Å². The van der Waals surface area contributed by atoms with Gasteiger partial charge < -0.3 is 20.4 Å². The summed E-state index contributed by atoms with van der Waals surface area (Å²) in [7, 11) is -0.556. The summed E-state index contributed by atoms with van der Waals surface area (Å²) in [5.74, 6) is -0.349. The van der Waals surface area contributed by atoms with E-state index in [1.807, 2.05) is 13.0 Å². The van der Waals surface area contributed by atoms with E-state index in [4.69, 9.17) is 15.0 Å². The van der Waals surface area contributed by atoms with Gasteiger partial charge in [-0.05, 0) is 75.2 Å². The van der Waals surface area contributed by atoms with Crippen molar-refractivity contribution in [2.75, 3.05) is 6.54 Å². The van der Waals surface area contributed by atoms with E-state index in [0.717, 1.165) is 12.8 Å². The molecule has 4 aliphatic rings. The molecule has 6 atom stereocenters. The Morgan fingerprint density at radius 3 is 2.60 bits per heavy atom. The summed E-state index contributed by atoms with van der Waals surface area (Å²) in [5.41, 5.74) is 7.12. The molecular formula is C28H46BN5O6. The molecule has 11 nitrogen and oxygen atoms in total. The van der Waals surface area contributed by atoms with Gasteiger partial charge in [0, 0.05) is 18.9 Å². The molecule has 4 rings (SSSR count). The Morgan fingerprint density at radius 2 is 1.98 bits per heavy atom. The second-order valence-electron chi connectivity index (χ2n) is 12.6. The molecule has 3 saturated carbocycles. The van der Waals surface area contributed by atoms with Crippen LogP contribution < -0.4 is 16.5 Å². The van der Waals surface area contributed by atoms with Gasteiger partial charge in [0.05, 0.1) is 17.6 Å². The molecule has 1 saturated heterocycles. The van der Waals surface area contributed by atoms with Gasteiger partial charge in [0.1, 0.15) is 0 Å². The molecule has 0 aromatic rings. The molecule has 0 aromatic carbocycles. The van der Waals surface area contributed by atoms with Crippen LogP contribution in [0, 0.1) is 39.2 Å². The first-order chi connectivity index (χ1) is 18.8. The average Bonchev–Trinajstić information content (AvgIpc) is 3.22. The van der Waals surface area contributed by atoms with Crippen LogP contribution in [0.2, 0.25) is 0 Å². The maximum Gasteiger partial charge on any atom is 0.481 e. The van der Waals surface area contributed by atoms with Gasteiger partial charge >= 0.3 is 7.12 Å². The van der Waals surface area contributed by atoms with Crippen molar-refractivity contribution in [3.05, 3.63) is 34.4 Å². The topological polar surface area (TPSA) is 158 Å². The summed E-state index contributed by atoms with van der Waals surface area (Å²) in [5, 5.41) is 12.9. The average molecular weight is 560 g/mol. The number of hydrazine groups is 1. The molecule has 3 aliphatic carbocycles. The fourth-order valence-corrected chi connectivity index (χ4v) is 6.69. The molecular weight excluding hydrogens is 513 g/mol. The molecule has 1 amide bonds. The van der Waals surface area contributed by atoms with E-state index in [-0.39, 0.29) is 59.6 Å². The van der Waals surface area contributed by atoms with Crippen LogP contribution in [0.4, 0.5) is 0 Å². The monoisotopic (exact) mass is 559 g/mol. The zero-order valence-corrected chi connectivity index (χ0v) is 24.7. The highest BCUT2D eigenvalue weighted by Gasteiger charge is 2.68. The lowest BCUT2D eigenvalue weighted by Gasteiger charge is -2.64. The summed E-state index contributed by atoms with van der Waals surface area (Å²) in [4.78, 5) is 40.7. The van der Waals surface area contributed by atoms with E-state index < -0.39 is 18.1 Å². The van der Waals surface area contributed by atoms with E-state index in [9.17, 15) is 19.7 Å². The van der Waals surface area contributed by atoms with Crippen molar-refractivity contribution in [1.29, 1.82) is 0 Å². The Labute approximate surface area is 238 Å². The number of carbonyl (C=O) groups excluding carboxylic acids is 2. The second kappa shape index (κ2) is 13.3. The lowest BCUT2D eigenvalue weighted by Crippen LogP contribution is -2.65. The SMILES string of the molecule is C/C=C/C=C/C(=O)C[C@@H](CCCN=C(N)N[N+](=O)[O-])C(=O)N[C@@H](CC(C)C)B1O[C@@H]2C[C@@H]3C[C@@H](C3(C)C)[C@]2(C)O1. The summed E-state index contributed by atoms with van der Waals surface area (Å²) in [6, 6.07) is 0. The molecule has 1 aliphatic heterocycles. The number of carbonyl (C=O) groups is 2. The third-order valence-electron chi connectivity index (χ3n) is 8.95. The smallest absolute Gasteiger partial charge is 0.404 e. The third kappa shape index (κ3) is 7.51. The lowest BCUT2D eigenvalue weighted by molar-refractivity contribution is -0.525. The number of nitrogens with two attached hydrogens (primary N) is 1. The number of amides is 1. The summed E-state index contributed by atoms with van der Waals surface area (Å²) < 4.78 is 13.2. The largest absolute Gasteiger partial charge is 0.481 e. The zero-order chi connectivity index (χ0) is 29.7. The molecule has 0 unspecified atom stereocenters. The van der Waals surface area contributed by atoms with Crippen LogP contribution in [-0.4, -0.2) is 54.0 Å². The van der Waals surface area contributed by atoms with Gasteiger partial charge in [-0.1, -0.05) is 51.3 Å². The first-order valence-electron chi connectivity index (χ1n) is 14.4. The first kappa shape index (κ1) is 31.8. The van der Waals surface area contributed by atoms with Crippen molar-refractivity contribution < 1.29 is 23.9 Å². The molecule has 0 spiro atoms. The van der Waals surface area contributed by atoms with Crippen molar-refractivity contribution in [2.45, 2.75) is 97.7 Å². The molecule has 12 heteroatoms. The molecule has 40 heavy (non-hydrogen) atoms. The molecule has 0 radical (unpaired) electrons.